The molecule has 0 unspecified atom stereocenters. The van der Waals surface area contributed by atoms with Gasteiger partial charge in [0.25, 0.3) is 0 Å². The number of ether oxygens (including phenoxy) is 3. The van der Waals surface area contributed by atoms with Gasteiger partial charge in [-0.15, -0.1) is 0 Å². The van der Waals surface area contributed by atoms with Crippen molar-refractivity contribution in [3.8, 4) is 23.0 Å². The molecule has 0 amide bonds. The molecular formula is C26H23F3N2O4. The molecular weight excluding hydrogens is 461 g/mol. The first-order valence-electron chi connectivity index (χ1n) is 11.2. The lowest BCUT2D eigenvalue weighted by Gasteiger charge is -2.31. The zero-order valence-corrected chi connectivity index (χ0v) is 18.8. The minimum atomic E-state index is -4.42. The fraction of sp³-hybridized carbons (Fsp3) is 0.269. The van der Waals surface area contributed by atoms with Crippen molar-refractivity contribution in [2.75, 3.05) is 13.4 Å². The lowest BCUT2D eigenvalue weighted by atomic mass is 9.93. The third-order valence-electron chi connectivity index (χ3n) is 6.01. The van der Waals surface area contributed by atoms with Gasteiger partial charge in [0.05, 0.1) is 12.2 Å². The molecule has 0 fully saturated rings. The van der Waals surface area contributed by atoms with E-state index in [2.05, 4.69) is 5.32 Å². The predicted molar refractivity (Wildman–Crippen MR) is 123 cm³/mol. The first-order chi connectivity index (χ1) is 16.8. The zero-order chi connectivity index (χ0) is 24.6. The fourth-order valence-electron chi connectivity index (χ4n) is 4.27. The van der Waals surface area contributed by atoms with Crippen LogP contribution >= 0.6 is 0 Å². The Morgan fingerprint density at radius 3 is 2.57 bits per heavy atom. The van der Waals surface area contributed by atoms with Crippen LogP contribution in [0.3, 0.4) is 0 Å². The van der Waals surface area contributed by atoms with Crippen LogP contribution in [0.2, 0.25) is 0 Å². The van der Waals surface area contributed by atoms with Crippen molar-refractivity contribution in [3.05, 3.63) is 82.9 Å². The molecule has 6 nitrogen and oxygen atoms in total. The molecule has 0 saturated heterocycles. The maximum atomic E-state index is 13.1. The van der Waals surface area contributed by atoms with Gasteiger partial charge in [0.2, 0.25) is 6.79 Å². The molecule has 182 valence electrons. The van der Waals surface area contributed by atoms with Crippen molar-refractivity contribution >= 4 is 5.71 Å². The first kappa shape index (κ1) is 23.0. The molecule has 9 heteroatoms. The Balaban J connectivity index is 1.54. The average Bonchev–Trinajstić information content (AvgIpc) is 3.33. The van der Waals surface area contributed by atoms with E-state index in [1.165, 1.54) is 12.1 Å². The van der Waals surface area contributed by atoms with Crippen molar-refractivity contribution in [1.29, 1.82) is 0 Å². The van der Waals surface area contributed by atoms with E-state index in [9.17, 15) is 18.3 Å². The topological polar surface area (TPSA) is 72.3 Å². The monoisotopic (exact) mass is 484 g/mol. The fourth-order valence-corrected chi connectivity index (χ4v) is 4.27. The second kappa shape index (κ2) is 9.14. The number of hydrogen-bond donors (Lipinski definition) is 2. The van der Waals surface area contributed by atoms with Gasteiger partial charge in [-0.05, 0) is 54.4 Å². The molecule has 2 aliphatic heterocycles. The Labute approximate surface area is 200 Å². The third kappa shape index (κ3) is 4.64. The largest absolute Gasteiger partial charge is 0.504 e. The normalized spacial score (nSPS) is 19.4. The van der Waals surface area contributed by atoms with Crippen LogP contribution in [0, 0.1) is 0 Å². The van der Waals surface area contributed by atoms with Gasteiger partial charge in [-0.3, -0.25) is 10.3 Å². The maximum absolute atomic E-state index is 13.1. The van der Waals surface area contributed by atoms with Gasteiger partial charge in [-0.2, -0.15) is 13.2 Å². The second-order valence-corrected chi connectivity index (χ2v) is 8.22. The molecule has 0 bridgehead atoms. The van der Waals surface area contributed by atoms with Gasteiger partial charge in [-0.25, -0.2) is 0 Å². The van der Waals surface area contributed by atoms with E-state index in [0.29, 0.717) is 41.4 Å². The number of aromatic hydroxyl groups is 1. The van der Waals surface area contributed by atoms with Gasteiger partial charge < -0.3 is 19.3 Å². The number of phenolic OH excluding ortho intramolecular Hbond substituents is 1. The smallest absolute Gasteiger partial charge is 0.416 e. The minimum absolute atomic E-state index is 0.0185. The lowest BCUT2D eigenvalue weighted by molar-refractivity contribution is -0.137. The molecule has 0 radical (unpaired) electrons. The highest BCUT2D eigenvalue weighted by Crippen LogP contribution is 2.40. The number of phenols is 1. The van der Waals surface area contributed by atoms with Crippen LogP contribution in [0.4, 0.5) is 13.2 Å². The summed E-state index contributed by atoms with van der Waals surface area (Å²) in [5.74, 6) is 1.63. The van der Waals surface area contributed by atoms with Crippen molar-refractivity contribution in [3.63, 3.8) is 0 Å². The lowest BCUT2D eigenvalue weighted by Crippen LogP contribution is -2.33. The quantitative estimate of drug-likeness (QED) is 0.482. The maximum Gasteiger partial charge on any atom is 0.416 e. The second-order valence-electron chi connectivity index (χ2n) is 8.22. The van der Waals surface area contributed by atoms with Crippen molar-refractivity contribution < 1.29 is 32.5 Å². The summed E-state index contributed by atoms with van der Waals surface area (Å²) in [5, 5.41) is 14.2. The van der Waals surface area contributed by atoms with Gasteiger partial charge in [-0.1, -0.05) is 24.3 Å². The summed E-state index contributed by atoms with van der Waals surface area (Å²) in [6, 6.07) is 15.3. The highest BCUT2D eigenvalue weighted by Gasteiger charge is 2.32. The van der Waals surface area contributed by atoms with Crippen LogP contribution < -0.4 is 19.5 Å². The summed E-state index contributed by atoms with van der Waals surface area (Å²) in [6.07, 6.45) is -4.63. The van der Waals surface area contributed by atoms with Gasteiger partial charge in [0.15, 0.2) is 23.0 Å². The summed E-state index contributed by atoms with van der Waals surface area (Å²) in [5.41, 5.74) is 1.98. The van der Waals surface area contributed by atoms with E-state index in [1.54, 1.807) is 24.3 Å². The Bertz CT molecular complexity index is 1260. The van der Waals surface area contributed by atoms with Crippen LogP contribution in [0.15, 0.2) is 65.7 Å². The molecule has 0 saturated carbocycles. The van der Waals surface area contributed by atoms with E-state index in [-0.39, 0.29) is 18.6 Å². The van der Waals surface area contributed by atoms with Gasteiger partial charge in [0.1, 0.15) is 6.17 Å². The molecule has 2 aliphatic rings. The number of alkyl halides is 3. The molecule has 2 atom stereocenters. The Morgan fingerprint density at radius 1 is 1.06 bits per heavy atom. The van der Waals surface area contributed by atoms with E-state index in [1.807, 2.05) is 19.1 Å². The van der Waals surface area contributed by atoms with E-state index >= 15 is 0 Å². The van der Waals surface area contributed by atoms with Crippen LogP contribution in [-0.4, -0.2) is 24.2 Å². The Morgan fingerprint density at radius 2 is 1.83 bits per heavy atom. The highest BCUT2D eigenvalue weighted by atomic mass is 19.4. The highest BCUT2D eigenvalue weighted by molar-refractivity contribution is 6.02. The van der Waals surface area contributed by atoms with Crippen molar-refractivity contribution in [2.24, 2.45) is 4.99 Å². The Kier molecular flexibility index (Phi) is 6.02. The van der Waals surface area contributed by atoms with E-state index in [0.717, 1.165) is 23.4 Å². The molecule has 5 rings (SSSR count). The SMILES string of the molecule is CCOc1cccc([C@@H]2CC(c3ccc4c(c3)OCO4)=N[C@@H](c3ccc(C(F)(F)F)cc3)N2)c1O. The van der Waals surface area contributed by atoms with Crippen LogP contribution in [0.25, 0.3) is 0 Å². The van der Waals surface area contributed by atoms with Crippen LogP contribution in [-0.2, 0) is 6.18 Å². The predicted octanol–water partition coefficient (Wildman–Crippen LogP) is 5.76. The third-order valence-corrected chi connectivity index (χ3v) is 6.01. The average molecular weight is 484 g/mol. The summed E-state index contributed by atoms with van der Waals surface area (Å²) < 4.78 is 55.7. The van der Waals surface area contributed by atoms with Crippen LogP contribution in [0.1, 0.15) is 47.8 Å². The summed E-state index contributed by atoms with van der Waals surface area (Å²) >= 11 is 0. The molecule has 3 aromatic rings. The van der Waals surface area contributed by atoms with Gasteiger partial charge in [0, 0.05) is 23.7 Å². The molecule has 2 N–H and O–H groups in total. The minimum Gasteiger partial charge on any atom is -0.504 e. The zero-order valence-electron chi connectivity index (χ0n) is 18.8. The van der Waals surface area contributed by atoms with Gasteiger partial charge >= 0.3 is 6.18 Å². The molecule has 2 heterocycles. The number of nitrogens with zero attached hydrogens (tertiary/aromatic N) is 1. The van der Waals surface area contributed by atoms with Crippen molar-refractivity contribution in [1.82, 2.24) is 5.32 Å². The summed E-state index contributed by atoms with van der Waals surface area (Å²) in [7, 11) is 0. The number of benzene rings is 3. The standard InChI is InChI=1S/C26H23F3N2O4/c1-2-33-22-5-3-4-18(24(22)32)20-13-19(16-8-11-21-23(12-16)35-14-34-21)30-25(31-20)15-6-9-17(10-7-15)26(27,28)29/h3-12,20,25,31-32H,2,13-14H2,1H3/t20-,25+/m0/s1. The Hall–Kier alpha value is -3.72. The van der Waals surface area contributed by atoms with E-state index < -0.39 is 17.9 Å². The van der Waals surface area contributed by atoms with Crippen LogP contribution in [0.5, 0.6) is 23.0 Å². The molecule has 35 heavy (non-hydrogen) atoms. The number of para-hydroxylation sites is 1. The first-order valence-corrected chi connectivity index (χ1v) is 11.2. The number of aliphatic imine (C=N–C) groups is 1. The molecule has 0 spiro atoms. The molecule has 0 aromatic heterocycles. The number of halogens is 3. The number of hydrogen-bond acceptors (Lipinski definition) is 6. The summed E-state index contributed by atoms with van der Waals surface area (Å²) in [6.45, 7) is 2.37. The van der Waals surface area contributed by atoms with E-state index in [4.69, 9.17) is 19.2 Å². The molecule has 0 aliphatic carbocycles. The number of rotatable bonds is 5. The molecule has 3 aromatic carbocycles. The van der Waals surface area contributed by atoms with Crippen molar-refractivity contribution in [2.45, 2.75) is 31.7 Å². The number of nitrogens with one attached hydrogen (secondary N) is 1. The number of fused-ring (bicyclic) bond motifs is 1. The summed E-state index contributed by atoms with van der Waals surface area (Å²) in [4.78, 5) is 4.82.